The fraction of sp³-hybridized carbons (Fsp3) is 0.500. The summed E-state index contributed by atoms with van der Waals surface area (Å²) < 4.78 is 0. The van der Waals surface area contributed by atoms with Crippen LogP contribution in [0.5, 0.6) is 0 Å². The van der Waals surface area contributed by atoms with Crippen molar-refractivity contribution < 1.29 is 24.3 Å². The van der Waals surface area contributed by atoms with E-state index in [1.807, 2.05) is 35.2 Å². The number of carbonyl (C=O) groups excluding carboxylic acids is 3. The normalized spacial score (nSPS) is 19.8. The van der Waals surface area contributed by atoms with E-state index in [0.29, 0.717) is 6.42 Å². The van der Waals surface area contributed by atoms with Gasteiger partial charge in [-0.15, -0.1) is 0 Å². The van der Waals surface area contributed by atoms with Crippen molar-refractivity contribution in [1.82, 2.24) is 14.7 Å². The molecule has 1 aromatic carbocycles. The SMILES string of the molecule is CN1CC(=O)N(CC(=O)N2CCCCC2)[C@@H](Cc2ccccc2)C1=O.O=CO. The average Bonchev–Trinajstić information content (AvgIpc) is 2.70. The molecule has 8 heteroatoms. The molecule has 28 heavy (non-hydrogen) atoms. The van der Waals surface area contributed by atoms with E-state index in [1.165, 1.54) is 9.80 Å². The largest absolute Gasteiger partial charge is 0.483 e. The molecule has 1 atom stereocenters. The molecule has 0 spiro atoms. The van der Waals surface area contributed by atoms with E-state index in [-0.39, 0.29) is 37.3 Å². The van der Waals surface area contributed by atoms with Crippen molar-refractivity contribution in [2.24, 2.45) is 0 Å². The molecule has 2 fully saturated rings. The van der Waals surface area contributed by atoms with Crippen LogP contribution in [0.2, 0.25) is 0 Å². The highest BCUT2D eigenvalue weighted by atomic mass is 16.3. The number of amides is 3. The van der Waals surface area contributed by atoms with E-state index in [0.717, 1.165) is 37.9 Å². The maximum atomic E-state index is 12.7. The number of piperidine rings is 1. The molecule has 0 saturated carbocycles. The summed E-state index contributed by atoms with van der Waals surface area (Å²) in [6.07, 6.45) is 3.60. The number of benzene rings is 1. The second kappa shape index (κ2) is 10.4. The minimum absolute atomic E-state index is 0.00405. The lowest BCUT2D eigenvalue weighted by atomic mass is 10.0. The van der Waals surface area contributed by atoms with E-state index in [4.69, 9.17) is 9.90 Å². The van der Waals surface area contributed by atoms with Gasteiger partial charge in [-0.1, -0.05) is 30.3 Å². The van der Waals surface area contributed by atoms with Crippen LogP contribution < -0.4 is 0 Å². The predicted molar refractivity (Wildman–Crippen MR) is 102 cm³/mol. The van der Waals surface area contributed by atoms with Gasteiger partial charge in [-0.25, -0.2) is 0 Å². The number of piperazine rings is 1. The number of hydrogen-bond acceptors (Lipinski definition) is 4. The number of likely N-dealkylation sites (tertiary alicyclic amines) is 1. The van der Waals surface area contributed by atoms with Crippen LogP contribution in [0.25, 0.3) is 0 Å². The van der Waals surface area contributed by atoms with Gasteiger partial charge in [0.2, 0.25) is 17.7 Å². The fourth-order valence-corrected chi connectivity index (χ4v) is 3.56. The molecule has 1 N–H and O–H groups in total. The van der Waals surface area contributed by atoms with Crippen LogP contribution in [-0.4, -0.2) is 83.3 Å². The summed E-state index contributed by atoms with van der Waals surface area (Å²) in [5, 5.41) is 6.89. The first kappa shape index (κ1) is 21.4. The van der Waals surface area contributed by atoms with Crippen molar-refractivity contribution in [2.45, 2.75) is 31.7 Å². The van der Waals surface area contributed by atoms with Gasteiger partial charge in [-0.05, 0) is 24.8 Å². The van der Waals surface area contributed by atoms with Crippen LogP contribution in [0, 0.1) is 0 Å². The maximum absolute atomic E-state index is 12.7. The number of likely N-dealkylation sites (N-methyl/N-ethyl adjacent to an activating group) is 1. The van der Waals surface area contributed by atoms with Crippen molar-refractivity contribution in [3.05, 3.63) is 35.9 Å². The molecule has 3 rings (SSSR count). The summed E-state index contributed by atoms with van der Waals surface area (Å²) in [4.78, 5) is 50.9. The van der Waals surface area contributed by atoms with Gasteiger partial charge < -0.3 is 19.8 Å². The zero-order chi connectivity index (χ0) is 20.5. The third-order valence-corrected chi connectivity index (χ3v) is 5.02. The summed E-state index contributed by atoms with van der Waals surface area (Å²) in [7, 11) is 1.64. The highest BCUT2D eigenvalue weighted by molar-refractivity contribution is 5.97. The zero-order valence-corrected chi connectivity index (χ0v) is 16.1. The van der Waals surface area contributed by atoms with Crippen LogP contribution in [0.1, 0.15) is 24.8 Å². The van der Waals surface area contributed by atoms with Crippen LogP contribution >= 0.6 is 0 Å². The first-order valence-electron chi connectivity index (χ1n) is 9.42. The molecule has 2 aliphatic rings. The summed E-state index contributed by atoms with van der Waals surface area (Å²) in [5.74, 6) is -0.313. The van der Waals surface area contributed by atoms with Crippen LogP contribution in [0.3, 0.4) is 0 Å². The quantitative estimate of drug-likeness (QED) is 0.761. The lowest BCUT2D eigenvalue weighted by molar-refractivity contribution is -0.157. The second-order valence-corrected chi connectivity index (χ2v) is 6.97. The molecule has 0 unspecified atom stereocenters. The molecule has 0 radical (unpaired) electrons. The Morgan fingerprint density at radius 2 is 1.75 bits per heavy atom. The van der Waals surface area contributed by atoms with Gasteiger partial charge in [0, 0.05) is 26.6 Å². The van der Waals surface area contributed by atoms with Gasteiger partial charge in [-0.2, -0.15) is 0 Å². The van der Waals surface area contributed by atoms with Crippen LogP contribution in [0.4, 0.5) is 0 Å². The predicted octanol–water partition coefficient (Wildman–Crippen LogP) is 0.612. The molecule has 2 heterocycles. The summed E-state index contributed by atoms with van der Waals surface area (Å²) >= 11 is 0. The van der Waals surface area contributed by atoms with Crippen molar-refractivity contribution in [1.29, 1.82) is 0 Å². The number of rotatable bonds is 4. The van der Waals surface area contributed by atoms with Crippen molar-refractivity contribution in [2.75, 3.05) is 33.2 Å². The van der Waals surface area contributed by atoms with Gasteiger partial charge in [0.1, 0.15) is 12.6 Å². The number of carboxylic acid groups (broad SMARTS) is 1. The first-order valence-corrected chi connectivity index (χ1v) is 9.42. The molecule has 0 aliphatic carbocycles. The highest BCUT2D eigenvalue weighted by Gasteiger charge is 2.39. The minimum Gasteiger partial charge on any atom is -0.483 e. The zero-order valence-electron chi connectivity index (χ0n) is 16.1. The van der Waals surface area contributed by atoms with Crippen LogP contribution in [-0.2, 0) is 25.6 Å². The lowest BCUT2D eigenvalue weighted by Gasteiger charge is -2.39. The monoisotopic (exact) mass is 389 g/mol. The Kier molecular flexibility index (Phi) is 7.98. The molecular weight excluding hydrogens is 362 g/mol. The minimum atomic E-state index is -0.609. The molecule has 2 saturated heterocycles. The number of hydrogen-bond donors (Lipinski definition) is 1. The molecule has 0 aromatic heterocycles. The Labute approximate surface area is 164 Å². The number of carbonyl (C=O) groups is 4. The number of nitrogens with zero attached hydrogens (tertiary/aromatic N) is 3. The molecule has 152 valence electrons. The Balaban J connectivity index is 0.000000878. The first-order chi connectivity index (χ1) is 13.5. The highest BCUT2D eigenvalue weighted by Crippen LogP contribution is 2.18. The molecule has 2 aliphatic heterocycles. The molecule has 1 aromatic rings. The molecule has 3 amide bonds. The summed E-state index contributed by atoms with van der Waals surface area (Å²) in [5.41, 5.74) is 0.986. The van der Waals surface area contributed by atoms with E-state index in [1.54, 1.807) is 7.05 Å². The molecule has 8 nitrogen and oxygen atoms in total. The second-order valence-electron chi connectivity index (χ2n) is 6.97. The van der Waals surface area contributed by atoms with Gasteiger partial charge in [0.25, 0.3) is 6.47 Å². The molecule has 0 bridgehead atoms. The average molecular weight is 389 g/mol. The summed E-state index contributed by atoms with van der Waals surface area (Å²) in [6, 6.07) is 9.02. The lowest BCUT2D eigenvalue weighted by Crippen LogP contribution is -2.61. The van der Waals surface area contributed by atoms with Crippen molar-refractivity contribution >= 4 is 24.2 Å². The van der Waals surface area contributed by atoms with Gasteiger partial charge in [0.05, 0.1) is 6.54 Å². The fourth-order valence-electron chi connectivity index (χ4n) is 3.56. The Bertz CT molecular complexity index is 688. The van der Waals surface area contributed by atoms with E-state index >= 15 is 0 Å². The smallest absolute Gasteiger partial charge is 0.290 e. The summed E-state index contributed by atoms with van der Waals surface area (Å²) in [6.45, 7) is 1.28. The third-order valence-electron chi connectivity index (χ3n) is 5.02. The van der Waals surface area contributed by atoms with E-state index < -0.39 is 6.04 Å². The molecular formula is C20H27N3O5. The van der Waals surface area contributed by atoms with Gasteiger partial charge in [0.15, 0.2) is 0 Å². The third kappa shape index (κ3) is 5.55. The van der Waals surface area contributed by atoms with Gasteiger partial charge in [-0.3, -0.25) is 19.2 Å². The topological polar surface area (TPSA) is 98.2 Å². The Morgan fingerprint density at radius 1 is 1.14 bits per heavy atom. The van der Waals surface area contributed by atoms with Crippen molar-refractivity contribution in [3.63, 3.8) is 0 Å². The Hall–Kier alpha value is -2.90. The van der Waals surface area contributed by atoms with Crippen LogP contribution in [0.15, 0.2) is 30.3 Å². The van der Waals surface area contributed by atoms with Crippen molar-refractivity contribution in [3.8, 4) is 0 Å². The van der Waals surface area contributed by atoms with E-state index in [9.17, 15) is 14.4 Å². The Morgan fingerprint density at radius 3 is 2.36 bits per heavy atom. The standard InChI is InChI=1S/C19H25N3O3.CH2O2/c1-20-13-18(24)22(14-17(23)21-10-6-3-7-11-21)16(19(20)25)12-15-8-4-2-5-9-15;2-1-3/h2,4-5,8-9,16H,3,6-7,10-14H2,1H3;1H,(H,2,3)/t16-;/m0./s1. The van der Waals surface area contributed by atoms with E-state index in [2.05, 4.69) is 0 Å². The maximum Gasteiger partial charge on any atom is 0.290 e. The van der Waals surface area contributed by atoms with Gasteiger partial charge >= 0.3 is 0 Å².